The van der Waals surface area contributed by atoms with E-state index >= 15 is 0 Å². The minimum absolute atomic E-state index is 0.311. The molecule has 0 saturated heterocycles. The molecule has 0 fully saturated rings. The lowest BCUT2D eigenvalue weighted by atomic mass is 10.2. The number of benzene rings is 2. The van der Waals surface area contributed by atoms with Gasteiger partial charge >= 0.3 is 0 Å². The molecule has 1 N–H and O–H groups in total. The molecule has 0 heterocycles. The summed E-state index contributed by atoms with van der Waals surface area (Å²) in [5.74, 6) is 0.0694. The molecule has 1 amide bonds. The summed E-state index contributed by atoms with van der Waals surface area (Å²) in [7, 11) is 0. The summed E-state index contributed by atoms with van der Waals surface area (Å²) in [5, 5.41) is 4.70. The molecule has 0 atom stereocenters. The Labute approximate surface area is 144 Å². The second-order valence-electron chi connectivity index (χ2n) is 4.44. The molecule has 0 radical (unpaired) electrons. The molecule has 0 aliphatic carbocycles. The van der Waals surface area contributed by atoms with Crippen molar-refractivity contribution < 1.29 is 9.53 Å². The topological polar surface area (TPSA) is 50.7 Å². The van der Waals surface area contributed by atoms with E-state index < -0.39 is 0 Å². The highest BCUT2D eigenvalue weighted by Crippen LogP contribution is 2.24. The SMILES string of the molecule is C=CCOc1ccccc1C(=O)N/N=C/c1cccc(Cl)c1Cl. The molecule has 23 heavy (non-hydrogen) atoms. The van der Waals surface area contributed by atoms with Crippen LogP contribution in [0.15, 0.2) is 60.2 Å². The highest BCUT2D eigenvalue weighted by Gasteiger charge is 2.11. The van der Waals surface area contributed by atoms with E-state index in [2.05, 4.69) is 17.1 Å². The van der Waals surface area contributed by atoms with Crippen molar-refractivity contribution in [1.29, 1.82) is 0 Å². The number of nitrogens with zero attached hydrogens (tertiary/aromatic N) is 1. The number of carbonyl (C=O) groups excluding carboxylic acids is 1. The van der Waals surface area contributed by atoms with Crippen LogP contribution in [0, 0.1) is 0 Å². The van der Waals surface area contributed by atoms with Crippen molar-refractivity contribution >= 4 is 35.3 Å². The first-order valence-corrected chi connectivity index (χ1v) is 7.49. The normalized spacial score (nSPS) is 10.5. The van der Waals surface area contributed by atoms with E-state index in [9.17, 15) is 4.79 Å². The van der Waals surface area contributed by atoms with Crippen LogP contribution in [0.5, 0.6) is 5.75 Å². The first-order valence-electron chi connectivity index (χ1n) is 6.73. The zero-order chi connectivity index (χ0) is 16.7. The predicted molar refractivity (Wildman–Crippen MR) is 93.7 cm³/mol. The van der Waals surface area contributed by atoms with E-state index in [-0.39, 0.29) is 5.91 Å². The average Bonchev–Trinajstić information content (AvgIpc) is 2.57. The van der Waals surface area contributed by atoms with Crippen LogP contribution in [-0.2, 0) is 0 Å². The summed E-state index contributed by atoms with van der Waals surface area (Å²) in [5.41, 5.74) is 3.42. The number of ether oxygens (including phenoxy) is 1. The molecule has 2 aromatic carbocycles. The van der Waals surface area contributed by atoms with E-state index in [1.807, 2.05) is 0 Å². The van der Waals surface area contributed by atoms with Crippen LogP contribution < -0.4 is 10.2 Å². The van der Waals surface area contributed by atoms with Gasteiger partial charge in [-0.05, 0) is 18.2 Å². The third-order valence-electron chi connectivity index (χ3n) is 2.84. The molecule has 0 spiro atoms. The van der Waals surface area contributed by atoms with E-state index in [4.69, 9.17) is 27.9 Å². The third kappa shape index (κ3) is 4.58. The number of hydrogen-bond donors (Lipinski definition) is 1. The van der Waals surface area contributed by atoms with Gasteiger partial charge < -0.3 is 4.74 Å². The highest BCUT2D eigenvalue weighted by atomic mass is 35.5. The van der Waals surface area contributed by atoms with E-state index in [0.29, 0.717) is 33.5 Å². The lowest BCUT2D eigenvalue weighted by molar-refractivity contribution is 0.0951. The molecule has 2 rings (SSSR count). The summed E-state index contributed by atoms with van der Waals surface area (Å²) >= 11 is 12.0. The van der Waals surface area contributed by atoms with Gasteiger partial charge in [0.2, 0.25) is 0 Å². The fourth-order valence-electron chi connectivity index (χ4n) is 1.77. The molecule has 0 aliphatic heterocycles. The van der Waals surface area contributed by atoms with E-state index in [0.717, 1.165) is 0 Å². The van der Waals surface area contributed by atoms with Gasteiger partial charge in [-0.1, -0.05) is 60.1 Å². The molecular formula is C17H14Cl2N2O2. The molecule has 4 nitrogen and oxygen atoms in total. The van der Waals surface area contributed by atoms with E-state index in [1.165, 1.54) is 6.21 Å². The van der Waals surface area contributed by atoms with Gasteiger partial charge in [0.15, 0.2) is 0 Å². The standard InChI is InChI=1S/C17H14Cl2N2O2/c1-2-10-23-15-9-4-3-7-13(15)17(22)21-20-11-12-6-5-8-14(18)16(12)19/h2-9,11H,1,10H2,(H,21,22)/b20-11+. The van der Waals surface area contributed by atoms with Crippen molar-refractivity contribution in [2.45, 2.75) is 0 Å². The highest BCUT2D eigenvalue weighted by molar-refractivity contribution is 6.43. The Morgan fingerprint density at radius 1 is 1.22 bits per heavy atom. The Bertz CT molecular complexity index is 745. The van der Waals surface area contributed by atoms with Gasteiger partial charge in [0.05, 0.1) is 21.8 Å². The molecule has 6 heteroatoms. The molecule has 0 aliphatic rings. The van der Waals surface area contributed by atoms with Gasteiger partial charge in [-0.2, -0.15) is 5.10 Å². The van der Waals surface area contributed by atoms with Gasteiger partial charge in [0, 0.05) is 5.56 Å². The molecule has 2 aromatic rings. The Balaban J connectivity index is 2.09. The molecular weight excluding hydrogens is 335 g/mol. The number of hydrogen-bond acceptors (Lipinski definition) is 3. The number of rotatable bonds is 6. The molecule has 0 saturated carbocycles. The van der Waals surface area contributed by atoms with Crippen molar-refractivity contribution in [3.05, 3.63) is 76.3 Å². The van der Waals surface area contributed by atoms with Crippen molar-refractivity contribution in [1.82, 2.24) is 5.43 Å². The van der Waals surface area contributed by atoms with Crippen molar-refractivity contribution in [2.24, 2.45) is 5.10 Å². The first kappa shape index (κ1) is 17.1. The maximum absolute atomic E-state index is 12.2. The van der Waals surface area contributed by atoms with Crippen molar-refractivity contribution in [2.75, 3.05) is 6.61 Å². The fourth-order valence-corrected chi connectivity index (χ4v) is 2.13. The summed E-state index contributed by atoms with van der Waals surface area (Å²) in [4.78, 5) is 12.2. The smallest absolute Gasteiger partial charge is 0.275 e. The Hall–Kier alpha value is -2.30. The van der Waals surface area contributed by atoms with Gasteiger partial charge in [-0.25, -0.2) is 5.43 Å². The number of nitrogens with one attached hydrogen (secondary N) is 1. The second-order valence-corrected chi connectivity index (χ2v) is 5.22. The Kier molecular flexibility index (Phi) is 6.20. The summed E-state index contributed by atoms with van der Waals surface area (Å²) < 4.78 is 5.44. The number of para-hydroxylation sites is 1. The maximum Gasteiger partial charge on any atom is 0.275 e. The second kappa shape index (κ2) is 8.36. The number of halogens is 2. The number of hydrazone groups is 1. The molecule has 0 bridgehead atoms. The predicted octanol–water partition coefficient (Wildman–Crippen LogP) is 4.32. The van der Waals surface area contributed by atoms with Crippen LogP contribution >= 0.6 is 23.2 Å². The fraction of sp³-hybridized carbons (Fsp3) is 0.0588. The van der Waals surface area contributed by atoms with Crippen LogP contribution in [-0.4, -0.2) is 18.7 Å². The summed E-state index contributed by atoms with van der Waals surface area (Å²) in [6, 6.07) is 12.0. The quantitative estimate of drug-likeness (QED) is 0.480. The van der Waals surface area contributed by atoms with Gasteiger partial charge in [0.1, 0.15) is 12.4 Å². The zero-order valence-electron chi connectivity index (χ0n) is 12.1. The van der Waals surface area contributed by atoms with Crippen LogP contribution in [0.1, 0.15) is 15.9 Å². The van der Waals surface area contributed by atoms with Gasteiger partial charge in [-0.3, -0.25) is 4.79 Å². The first-order chi connectivity index (χ1) is 11.1. The number of amides is 1. The van der Waals surface area contributed by atoms with Crippen molar-refractivity contribution in [3.63, 3.8) is 0 Å². The average molecular weight is 349 g/mol. The molecule has 0 unspecified atom stereocenters. The monoisotopic (exact) mass is 348 g/mol. The van der Waals surface area contributed by atoms with Crippen LogP contribution in [0.3, 0.4) is 0 Å². The van der Waals surface area contributed by atoms with Crippen LogP contribution in [0.4, 0.5) is 0 Å². The summed E-state index contributed by atoms with van der Waals surface area (Å²) in [6.45, 7) is 3.89. The Morgan fingerprint density at radius 3 is 2.78 bits per heavy atom. The maximum atomic E-state index is 12.2. The summed E-state index contributed by atoms with van der Waals surface area (Å²) in [6.07, 6.45) is 3.04. The Morgan fingerprint density at radius 2 is 2.00 bits per heavy atom. The number of carbonyl (C=O) groups is 1. The minimum Gasteiger partial charge on any atom is -0.489 e. The molecule has 0 aromatic heterocycles. The zero-order valence-corrected chi connectivity index (χ0v) is 13.6. The lowest BCUT2D eigenvalue weighted by Gasteiger charge is -2.08. The minimum atomic E-state index is -0.390. The molecule has 118 valence electrons. The van der Waals surface area contributed by atoms with Crippen LogP contribution in [0.2, 0.25) is 10.0 Å². The van der Waals surface area contributed by atoms with E-state index in [1.54, 1.807) is 48.5 Å². The third-order valence-corrected chi connectivity index (χ3v) is 3.67. The van der Waals surface area contributed by atoms with Crippen molar-refractivity contribution in [3.8, 4) is 5.75 Å². The lowest BCUT2D eigenvalue weighted by Crippen LogP contribution is -2.18. The largest absolute Gasteiger partial charge is 0.489 e. The van der Waals surface area contributed by atoms with Gasteiger partial charge in [-0.15, -0.1) is 0 Å². The van der Waals surface area contributed by atoms with Crippen LogP contribution in [0.25, 0.3) is 0 Å². The van der Waals surface area contributed by atoms with Gasteiger partial charge in [0.25, 0.3) is 5.91 Å².